The average Bonchev–Trinajstić information content (AvgIpc) is 2.27. The molecule has 1 amide bonds. The lowest BCUT2D eigenvalue weighted by atomic mass is 10.0. The zero-order valence-corrected chi connectivity index (χ0v) is 10.4. The number of carboxylic acids is 1. The van der Waals surface area contributed by atoms with Crippen molar-refractivity contribution in [1.82, 2.24) is 5.32 Å². The lowest BCUT2D eigenvalue weighted by molar-refractivity contribution is -0.137. The Kier molecular flexibility index (Phi) is 5.66. The number of carbonyl (C=O) groups excluding carboxylic acids is 1. The van der Waals surface area contributed by atoms with E-state index in [-0.39, 0.29) is 24.3 Å². The Balaban J connectivity index is 2.23. The molecule has 1 aliphatic rings. The van der Waals surface area contributed by atoms with Gasteiger partial charge < -0.3 is 10.4 Å². The molecule has 0 spiro atoms. The van der Waals surface area contributed by atoms with E-state index in [0.29, 0.717) is 6.42 Å². The first-order chi connectivity index (χ1) is 7.59. The van der Waals surface area contributed by atoms with Gasteiger partial charge in [0.2, 0.25) is 5.91 Å². The van der Waals surface area contributed by atoms with Crippen molar-refractivity contribution in [2.24, 2.45) is 5.92 Å². The number of hydrogen-bond donors (Lipinski definition) is 2. The fourth-order valence-corrected chi connectivity index (χ4v) is 2.84. The molecule has 1 atom stereocenters. The molecule has 0 bridgehead atoms. The molecule has 1 rings (SSSR count). The molecule has 0 radical (unpaired) electrons. The van der Waals surface area contributed by atoms with Crippen LogP contribution in [0.15, 0.2) is 0 Å². The first-order valence-electron chi connectivity index (χ1n) is 5.69. The van der Waals surface area contributed by atoms with Gasteiger partial charge in [-0.05, 0) is 37.7 Å². The monoisotopic (exact) mass is 245 g/mol. The minimum Gasteiger partial charge on any atom is -0.481 e. The minimum absolute atomic E-state index is 0.0434. The molecule has 1 heterocycles. The predicted octanol–water partition coefficient (Wildman–Crippen LogP) is 1.50. The highest BCUT2D eigenvalue weighted by Crippen LogP contribution is 2.22. The van der Waals surface area contributed by atoms with E-state index < -0.39 is 5.97 Å². The molecule has 2 N–H and O–H groups in total. The second kappa shape index (κ2) is 6.78. The topological polar surface area (TPSA) is 66.4 Å². The maximum Gasteiger partial charge on any atom is 0.303 e. The summed E-state index contributed by atoms with van der Waals surface area (Å²) in [6.45, 7) is 1.86. The molecule has 0 saturated carbocycles. The third kappa shape index (κ3) is 4.88. The van der Waals surface area contributed by atoms with Crippen LogP contribution in [0.4, 0.5) is 0 Å². The van der Waals surface area contributed by atoms with Crippen LogP contribution in [0.1, 0.15) is 32.6 Å². The average molecular weight is 245 g/mol. The number of aliphatic carboxylic acids is 1. The third-order valence-electron chi connectivity index (χ3n) is 2.77. The van der Waals surface area contributed by atoms with Gasteiger partial charge in [0.15, 0.2) is 0 Å². The van der Waals surface area contributed by atoms with Crippen molar-refractivity contribution in [2.75, 3.05) is 11.5 Å². The van der Waals surface area contributed by atoms with E-state index in [1.807, 2.05) is 18.7 Å². The number of rotatable bonds is 5. The van der Waals surface area contributed by atoms with E-state index >= 15 is 0 Å². The van der Waals surface area contributed by atoms with E-state index in [0.717, 1.165) is 24.3 Å². The van der Waals surface area contributed by atoms with Crippen molar-refractivity contribution in [3.63, 3.8) is 0 Å². The Morgan fingerprint density at radius 3 is 2.62 bits per heavy atom. The SMILES string of the molecule is CC(CCC(=O)O)NC(=O)C1CCSCC1. The van der Waals surface area contributed by atoms with Gasteiger partial charge in [-0.25, -0.2) is 0 Å². The fourth-order valence-electron chi connectivity index (χ4n) is 1.73. The normalized spacial score (nSPS) is 19.1. The van der Waals surface area contributed by atoms with Crippen LogP contribution in [-0.4, -0.2) is 34.5 Å². The number of thioether (sulfide) groups is 1. The Bertz CT molecular complexity index is 252. The Morgan fingerprint density at radius 1 is 1.44 bits per heavy atom. The summed E-state index contributed by atoms with van der Waals surface area (Å²) < 4.78 is 0. The summed E-state index contributed by atoms with van der Waals surface area (Å²) in [5.74, 6) is 1.53. The van der Waals surface area contributed by atoms with Crippen molar-refractivity contribution in [2.45, 2.75) is 38.6 Å². The molecule has 0 aromatic rings. The summed E-state index contributed by atoms with van der Waals surface area (Å²) in [6.07, 6.45) is 2.51. The van der Waals surface area contributed by atoms with E-state index in [9.17, 15) is 9.59 Å². The molecule has 92 valence electrons. The Labute approximate surface area is 100 Å². The molecular formula is C11H19NO3S. The van der Waals surface area contributed by atoms with E-state index in [1.165, 1.54) is 0 Å². The van der Waals surface area contributed by atoms with Gasteiger partial charge in [-0.2, -0.15) is 11.8 Å². The van der Waals surface area contributed by atoms with Gasteiger partial charge in [0, 0.05) is 18.4 Å². The number of nitrogens with one attached hydrogen (secondary N) is 1. The Hall–Kier alpha value is -0.710. The summed E-state index contributed by atoms with van der Waals surface area (Å²) in [5.41, 5.74) is 0. The van der Waals surface area contributed by atoms with Crippen LogP contribution in [0.5, 0.6) is 0 Å². The molecule has 1 unspecified atom stereocenters. The van der Waals surface area contributed by atoms with Crippen LogP contribution >= 0.6 is 11.8 Å². The standard InChI is InChI=1S/C11H19NO3S/c1-8(2-3-10(13)14)12-11(15)9-4-6-16-7-5-9/h8-9H,2-7H2,1H3,(H,12,15)(H,13,14). The molecular weight excluding hydrogens is 226 g/mol. The molecule has 1 aliphatic heterocycles. The van der Waals surface area contributed by atoms with Gasteiger partial charge in [-0.3, -0.25) is 9.59 Å². The van der Waals surface area contributed by atoms with Crippen molar-refractivity contribution in [1.29, 1.82) is 0 Å². The maximum absolute atomic E-state index is 11.8. The lowest BCUT2D eigenvalue weighted by Crippen LogP contribution is -2.38. The van der Waals surface area contributed by atoms with Gasteiger partial charge in [0.25, 0.3) is 0 Å². The molecule has 0 aromatic heterocycles. The summed E-state index contributed by atoms with van der Waals surface area (Å²) >= 11 is 1.89. The molecule has 16 heavy (non-hydrogen) atoms. The highest BCUT2D eigenvalue weighted by atomic mass is 32.2. The molecule has 1 fully saturated rings. The third-order valence-corrected chi connectivity index (χ3v) is 3.82. The minimum atomic E-state index is -0.810. The molecule has 0 aliphatic carbocycles. The molecule has 1 saturated heterocycles. The van der Waals surface area contributed by atoms with Crippen LogP contribution in [0, 0.1) is 5.92 Å². The van der Waals surface area contributed by atoms with Crippen LogP contribution < -0.4 is 5.32 Å². The van der Waals surface area contributed by atoms with Crippen molar-refractivity contribution in [3.05, 3.63) is 0 Å². The highest BCUT2D eigenvalue weighted by Gasteiger charge is 2.22. The van der Waals surface area contributed by atoms with Crippen molar-refractivity contribution in [3.8, 4) is 0 Å². The summed E-state index contributed by atoms with van der Waals surface area (Å²) in [5, 5.41) is 11.4. The van der Waals surface area contributed by atoms with Gasteiger partial charge in [0.1, 0.15) is 0 Å². The van der Waals surface area contributed by atoms with E-state index in [4.69, 9.17) is 5.11 Å². The zero-order chi connectivity index (χ0) is 12.0. The van der Waals surface area contributed by atoms with Crippen molar-refractivity contribution < 1.29 is 14.7 Å². The van der Waals surface area contributed by atoms with Gasteiger partial charge in [-0.1, -0.05) is 0 Å². The first kappa shape index (κ1) is 13.4. The second-order valence-electron chi connectivity index (χ2n) is 4.23. The first-order valence-corrected chi connectivity index (χ1v) is 6.85. The highest BCUT2D eigenvalue weighted by molar-refractivity contribution is 7.99. The van der Waals surface area contributed by atoms with Gasteiger partial charge in [0.05, 0.1) is 0 Å². The van der Waals surface area contributed by atoms with Crippen LogP contribution in [0.2, 0.25) is 0 Å². The number of carboxylic acid groups (broad SMARTS) is 1. The molecule has 0 aromatic carbocycles. The maximum atomic E-state index is 11.8. The Morgan fingerprint density at radius 2 is 2.06 bits per heavy atom. The second-order valence-corrected chi connectivity index (χ2v) is 5.45. The van der Waals surface area contributed by atoms with Gasteiger partial charge in [-0.15, -0.1) is 0 Å². The molecule has 5 heteroatoms. The number of hydrogen-bond acceptors (Lipinski definition) is 3. The van der Waals surface area contributed by atoms with E-state index in [1.54, 1.807) is 0 Å². The van der Waals surface area contributed by atoms with E-state index in [2.05, 4.69) is 5.32 Å². The van der Waals surface area contributed by atoms with Crippen LogP contribution in [-0.2, 0) is 9.59 Å². The quantitative estimate of drug-likeness (QED) is 0.770. The fraction of sp³-hybridized carbons (Fsp3) is 0.818. The number of amides is 1. The van der Waals surface area contributed by atoms with Crippen molar-refractivity contribution >= 4 is 23.6 Å². The zero-order valence-electron chi connectivity index (χ0n) is 9.57. The smallest absolute Gasteiger partial charge is 0.303 e. The van der Waals surface area contributed by atoms with Crippen LogP contribution in [0.25, 0.3) is 0 Å². The van der Waals surface area contributed by atoms with Gasteiger partial charge >= 0.3 is 5.97 Å². The molecule has 4 nitrogen and oxygen atoms in total. The number of carbonyl (C=O) groups is 2. The summed E-state index contributed by atoms with van der Waals surface area (Å²) in [6, 6.07) is -0.0434. The van der Waals surface area contributed by atoms with Crippen LogP contribution in [0.3, 0.4) is 0 Å². The summed E-state index contributed by atoms with van der Waals surface area (Å²) in [4.78, 5) is 22.2. The summed E-state index contributed by atoms with van der Waals surface area (Å²) in [7, 11) is 0. The predicted molar refractivity (Wildman–Crippen MR) is 64.5 cm³/mol. The lowest BCUT2D eigenvalue weighted by Gasteiger charge is -2.22. The largest absolute Gasteiger partial charge is 0.481 e.